The molecule has 3 aromatic rings. The Labute approximate surface area is 212 Å². The van der Waals surface area contributed by atoms with E-state index in [1.807, 2.05) is 24.3 Å². The van der Waals surface area contributed by atoms with Gasteiger partial charge in [0.1, 0.15) is 5.75 Å². The molecule has 0 saturated heterocycles. The first kappa shape index (κ1) is 24.9. The van der Waals surface area contributed by atoms with E-state index in [-0.39, 0.29) is 23.2 Å². The first-order valence-electron chi connectivity index (χ1n) is 11.1. The lowest BCUT2D eigenvalue weighted by molar-refractivity contribution is -0.119. The van der Waals surface area contributed by atoms with Crippen molar-refractivity contribution in [3.8, 4) is 5.75 Å². The molecule has 0 atom stereocenters. The molecule has 1 heterocycles. The molecule has 4 rings (SSSR count). The molecule has 1 aliphatic heterocycles. The fraction of sp³-hybridized carbons (Fsp3) is 0.185. The van der Waals surface area contributed by atoms with E-state index in [0.717, 1.165) is 16.2 Å². The summed E-state index contributed by atoms with van der Waals surface area (Å²) in [6.07, 6.45) is 0.478. The number of hydrogen-bond donors (Lipinski definition) is 1. The molecule has 0 aliphatic carbocycles. The van der Waals surface area contributed by atoms with Gasteiger partial charge in [-0.25, -0.2) is 4.79 Å². The summed E-state index contributed by atoms with van der Waals surface area (Å²) < 4.78 is 10.2. The van der Waals surface area contributed by atoms with E-state index in [1.165, 1.54) is 18.2 Å². The summed E-state index contributed by atoms with van der Waals surface area (Å²) in [6.45, 7) is 1.43. The van der Waals surface area contributed by atoms with Crippen LogP contribution in [0.5, 0.6) is 5.75 Å². The third kappa shape index (κ3) is 5.23. The number of esters is 1. The Hall–Kier alpha value is -4.17. The van der Waals surface area contributed by atoms with Crippen molar-refractivity contribution in [3.63, 3.8) is 0 Å². The van der Waals surface area contributed by atoms with Gasteiger partial charge in [0.25, 0.3) is 17.7 Å². The summed E-state index contributed by atoms with van der Waals surface area (Å²) in [5.74, 6) is -1.50. The number of imide groups is 1. The highest BCUT2D eigenvalue weighted by atomic mass is 35.5. The Kier molecular flexibility index (Phi) is 7.36. The number of carbonyl (C=O) groups excluding carboxylic acids is 4. The number of methoxy groups -OCH3 is 1. The highest BCUT2D eigenvalue weighted by Crippen LogP contribution is 2.25. The molecule has 3 amide bonds. The molecule has 184 valence electrons. The maximum absolute atomic E-state index is 12.9. The van der Waals surface area contributed by atoms with Gasteiger partial charge < -0.3 is 14.8 Å². The number of rotatable bonds is 8. The Morgan fingerprint density at radius 3 is 2.42 bits per heavy atom. The van der Waals surface area contributed by atoms with E-state index in [1.54, 1.807) is 32.2 Å². The molecule has 0 bridgehead atoms. The predicted molar refractivity (Wildman–Crippen MR) is 134 cm³/mol. The molecule has 9 heteroatoms. The Balaban J connectivity index is 1.37. The summed E-state index contributed by atoms with van der Waals surface area (Å²) in [7, 11) is 1.58. The number of fused-ring (bicyclic) bond motifs is 1. The van der Waals surface area contributed by atoms with Gasteiger partial charge in [-0.05, 0) is 66.9 Å². The second-order valence-corrected chi connectivity index (χ2v) is 8.56. The predicted octanol–water partition coefficient (Wildman–Crippen LogP) is 4.29. The van der Waals surface area contributed by atoms with Gasteiger partial charge in [-0.15, -0.1) is 0 Å². The molecule has 8 nitrogen and oxygen atoms in total. The van der Waals surface area contributed by atoms with Crippen LogP contribution in [-0.2, 0) is 16.0 Å². The van der Waals surface area contributed by atoms with E-state index in [2.05, 4.69) is 5.32 Å². The van der Waals surface area contributed by atoms with Gasteiger partial charge in [0.05, 0.1) is 23.8 Å². The molecular weight excluding hydrogens is 484 g/mol. The van der Waals surface area contributed by atoms with Crippen LogP contribution >= 0.6 is 11.6 Å². The van der Waals surface area contributed by atoms with Crippen LogP contribution in [0.4, 0.5) is 5.69 Å². The van der Waals surface area contributed by atoms with Gasteiger partial charge in [0.15, 0.2) is 6.61 Å². The monoisotopic (exact) mass is 506 g/mol. The summed E-state index contributed by atoms with van der Waals surface area (Å²) in [5, 5.41) is 3.14. The third-order valence-corrected chi connectivity index (χ3v) is 6.28. The van der Waals surface area contributed by atoms with Crippen molar-refractivity contribution >= 4 is 41.0 Å². The molecule has 3 aromatic carbocycles. The smallest absolute Gasteiger partial charge is 0.338 e. The van der Waals surface area contributed by atoms with E-state index in [9.17, 15) is 19.2 Å². The van der Waals surface area contributed by atoms with Gasteiger partial charge in [0, 0.05) is 17.3 Å². The van der Waals surface area contributed by atoms with E-state index >= 15 is 0 Å². The standard InChI is InChI=1S/C27H23ClN2O6/c1-16-22(28)4-3-5-23(16)29-24(31)15-36-27(34)18-8-11-20-21(14-18)26(33)30(25(20)32)13-12-17-6-9-19(35-2)10-7-17/h3-11,14H,12-13,15H2,1-2H3,(H,29,31). The van der Waals surface area contributed by atoms with Crippen LogP contribution in [0.1, 0.15) is 42.2 Å². The van der Waals surface area contributed by atoms with Crippen LogP contribution in [0, 0.1) is 6.92 Å². The number of hydrogen-bond acceptors (Lipinski definition) is 6. The van der Waals surface area contributed by atoms with Crippen LogP contribution in [-0.4, -0.2) is 48.9 Å². The quantitative estimate of drug-likeness (QED) is 0.361. The Morgan fingerprint density at radius 1 is 0.972 bits per heavy atom. The minimum absolute atomic E-state index is 0.0682. The summed E-state index contributed by atoms with van der Waals surface area (Å²) in [5.41, 5.74) is 2.57. The van der Waals surface area contributed by atoms with Gasteiger partial charge in [-0.3, -0.25) is 19.3 Å². The topological polar surface area (TPSA) is 102 Å². The van der Waals surface area contributed by atoms with Crippen LogP contribution in [0.3, 0.4) is 0 Å². The van der Waals surface area contributed by atoms with Crippen LogP contribution < -0.4 is 10.1 Å². The first-order chi connectivity index (χ1) is 17.3. The summed E-state index contributed by atoms with van der Waals surface area (Å²) in [6, 6.07) is 16.6. The zero-order valence-electron chi connectivity index (χ0n) is 19.7. The van der Waals surface area contributed by atoms with Crippen LogP contribution in [0.25, 0.3) is 0 Å². The van der Waals surface area contributed by atoms with Gasteiger partial charge >= 0.3 is 5.97 Å². The molecular formula is C27H23ClN2O6. The maximum Gasteiger partial charge on any atom is 0.338 e. The van der Waals surface area contributed by atoms with Crippen molar-refractivity contribution in [2.24, 2.45) is 0 Å². The largest absolute Gasteiger partial charge is 0.497 e. The number of benzene rings is 3. The van der Waals surface area contributed by atoms with Gasteiger partial charge in [0.2, 0.25) is 0 Å². The Bertz CT molecular complexity index is 1350. The number of ether oxygens (including phenoxy) is 2. The van der Waals surface area contributed by atoms with Crippen molar-refractivity contribution in [3.05, 3.63) is 93.5 Å². The first-order valence-corrected chi connectivity index (χ1v) is 11.5. The molecule has 0 saturated carbocycles. The van der Waals surface area contributed by atoms with Crippen molar-refractivity contribution in [1.29, 1.82) is 0 Å². The number of nitrogens with zero attached hydrogens (tertiary/aromatic N) is 1. The lowest BCUT2D eigenvalue weighted by Crippen LogP contribution is -2.31. The van der Waals surface area contributed by atoms with Crippen LogP contribution in [0.15, 0.2) is 60.7 Å². The van der Waals surface area contributed by atoms with Gasteiger partial charge in [-0.1, -0.05) is 29.8 Å². The lowest BCUT2D eigenvalue weighted by Gasteiger charge is -2.13. The molecule has 36 heavy (non-hydrogen) atoms. The van der Waals surface area contributed by atoms with Crippen molar-refractivity contribution < 1.29 is 28.7 Å². The molecule has 0 aromatic heterocycles. The molecule has 1 aliphatic rings. The highest BCUT2D eigenvalue weighted by Gasteiger charge is 2.35. The lowest BCUT2D eigenvalue weighted by atomic mass is 10.1. The number of carbonyl (C=O) groups is 4. The molecule has 0 spiro atoms. The molecule has 1 N–H and O–H groups in total. The van der Waals surface area contributed by atoms with Crippen molar-refractivity contribution in [2.75, 3.05) is 25.6 Å². The minimum atomic E-state index is -0.785. The fourth-order valence-electron chi connectivity index (χ4n) is 3.80. The van der Waals surface area contributed by atoms with E-state index in [0.29, 0.717) is 22.7 Å². The molecule has 0 radical (unpaired) electrons. The van der Waals surface area contributed by atoms with Gasteiger partial charge in [-0.2, -0.15) is 0 Å². The second-order valence-electron chi connectivity index (χ2n) is 8.16. The third-order valence-electron chi connectivity index (χ3n) is 5.87. The number of halogens is 1. The summed E-state index contributed by atoms with van der Waals surface area (Å²) in [4.78, 5) is 51.5. The zero-order chi connectivity index (χ0) is 25.8. The SMILES string of the molecule is COc1ccc(CCN2C(=O)c3ccc(C(=O)OCC(=O)Nc4cccc(Cl)c4C)cc3C2=O)cc1. The number of nitrogens with one attached hydrogen (secondary N) is 1. The normalized spacial score (nSPS) is 12.4. The average Bonchev–Trinajstić information content (AvgIpc) is 3.13. The Morgan fingerprint density at radius 2 is 1.69 bits per heavy atom. The zero-order valence-corrected chi connectivity index (χ0v) is 20.4. The van der Waals surface area contributed by atoms with E-state index in [4.69, 9.17) is 21.1 Å². The highest BCUT2D eigenvalue weighted by molar-refractivity contribution is 6.31. The van der Waals surface area contributed by atoms with Crippen molar-refractivity contribution in [1.82, 2.24) is 4.90 Å². The maximum atomic E-state index is 12.9. The second kappa shape index (κ2) is 10.6. The fourth-order valence-corrected chi connectivity index (χ4v) is 3.97. The van der Waals surface area contributed by atoms with Crippen LogP contribution in [0.2, 0.25) is 5.02 Å². The average molecular weight is 507 g/mol. The summed E-state index contributed by atoms with van der Waals surface area (Å²) >= 11 is 6.05. The minimum Gasteiger partial charge on any atom is -0.497 e. The molecule has 0 unspecified atom stereocenters. The van der Waals surface area contributed by atoms with Crippen molar-refractivity contribution in [2.45, 2.75) is 13.3 Å². The number of anilines is 1. The molecule has 0 fully saturated rings. The number of amides is 3. The van der Waals surface area contributed by atoms with E-state index < -0.39 is 30.3 Å².